The molecule has 0 radical (unpaired) electrons. The average molecular weight is 343 g/mol. The van der Waals surface area contributed by atoms with Crippen LogP contribution in [0.1, 0.15) is 0 Å². The van der Waals surface area contributed by atoms with Crippen LogP contribution in [0, 0.1) is 10.1 Å². The van der Waals surface area contributed by atoms with E-state index in [1.807, 2.05) is 24.4 Å². The van der Waals surface area contributed by atoms with Gasteiger partial charge in [0.25, 0.3) is 17.4 Å². The number of aromatic amines is 1. The zero-order chi connectivity index (χ0) is 17.6. The van der Waals surface area contributed by atoms with Gasteiger partial charge in [0.2, 0.25) is 0 Å². The van der Waals surface area contributed by atoms with Crippen molar-refractivity contribution in [3.63, 3.8) is 0 Å². The molecule has 25 heavy (non-hydrogen) atoms. The summed E-state index contributed by atoms with van der Waals surface area (Å²) in [5.41, 5.74) is -0.00693. The van der Waals surface area contributed by atoms with Crippen LogP contribution in [-0.4, -0.2) is 48.5 Å². The lowest BCUT2D eigenvalue weighted by Gasteiger charge is -2.30. The van der Waals surface area contributed by atoms with Crippen LogP contribution in [-0.2, 0) is 4.79 Å². The van der Waals surface area contributed by atoms with Gasteiger partial charge in [-0.1, -0.05) is 6.07 Å². The number of rotatable bonds is 5. The highest BCUT2D eigenvalue weighted by Crippen LogP contribution is 2.17. The predicted octanol–water partition coefficient (Wildman–Crippen LogP) is 1.14. The summed E-state index contributed by atoms with van der Waals surface area (Å²) in [6.07, 6.45) is 1.88. The number of benzene rings is 1. The van der Waals surface area contributed by atoms with Crippen LogP contribution < -0.4 is 14.6 Å². The molecule has 1 N–H and O–H groups in total. The minimum Gasteiger partial charge on any atom is -0.484 e. The zero-order valence-electron chi connectivity index (χ0n) is 13.6. The Morgan fingerprint density at radius 1 is 1.12 bits per heavy atom. The number of anilines is 1. The second kappa shape index (κ2) is 7.61. The Morgan fingerprint density at radius 2 is 1.84 bits per heavy atom. The van der Waals surface area contributed by atoms with Crippen molar-refractivity contribution in [1.82, 2.24) is 4.90 Å². The van der Waals surface area contributed by atoms with Gasteiger partial charge in [0.05, 0.1) is 24.2 Å². The van der Waals surface area contributed by atoms with Gasteiger partial charge < -0.3 is 9.64 Å². The molecular weight excluding hydrogens is 324 g/mol. The third kappa shape index (κ3) is 4.23. The summed E-state index contributed by atoms with van der Waals surface area (Å²) in [5, 5.41) is 10.6. The van der Waals surface area contributed by atoms with E-state index >= 15 is 0 Å². The molecule has 1 aromatic carbocycles. The fraction of sp³-hybridized carbons (Fsp3) is 0.294. The molecule has 8 nitrogen and oxygen atoms in total. The molecule has 0 saturated carbocycles. The molecule has 1 amide bonds. The number of nitrogens with zero attached hydrogens (tertiary/aromatic N) is 3. The maximum Gasteiger partial charge on any atom is 0.274 e. The minimum absolute atomic E-state index is 0.00693. The molecule has 3 rings (SSSR count). The predicted molar refractivity (Wildman–Crippen MR) is 90.4 cm³/mol. The van der Waals surface area contributed by atoms with Gasteiger partial charge >= 0.3 is 0 Å². The second-order valence-electron chi connectivity index (χ2n) is 5.66. The maximum atomic E-state index is 12.3. The lowest BCUT2D eigenvalue weighted by Crippen LogP contribution is -2.51. The molecule has 0 spiro atoms. The van der Waals surface area contributed by atoms with Gasteiger partial charge in [-0.2, -0.15) is 0 Å². The van der Waals surface area contributed by atoms with E-state index in [1.54, 1.807) is 4.90 Å². The highest BCUT2D eigenvalue weighted by Gasteiger charge is 2.26. The number of aromatic nitrogens is 1. The fourth-order valence-corrected chi connectivity index (χ4v) is 2.68. The van der Waals surface area contributed by atoms with Crippen LogP contribution in [0.2, 0.25) is 0 Å². The number of hydrogen-bond donors (Lipinski definition) is 0. The lowest BCUT2D eigenvalue weighted by atomic mass is 10.3. The Morgan fingerprint density at radius 3 is 2.44 bits per heavy atom. The Kier molecular flexibility index (Phi) is 5.08. The SMILES string of the molecule is O=C(COc1ccc([N+](=O)[O-])cc1)N1CCN(c2cccc[nH+]2)CC1. The third-order valence-electron chi connectivity index (χ3n) is 4.08. The van der Waals surface area contributed by atoms with E-state index in [4.69, 9.17) is 4.74 Å². The first kappa shape index (κ1) is 16.7. The monoisotopic (exact) mass is 343 g/mol. The number of carbonyl (C=O) groups is 1. The number of amides is 1. The number of nitro groups is 1. The first-order chi connectivity index (χ1) is 12.1. The summed E-state index contributed by atoms with van der Waals surface area (Å²) < 4.78 is 5.43. The highest BCUT2D eigenvalue weighted by molar-refractivity contribution is 5.78. The maximum absolute atomic E-state index is 12.3. The lowest BCUT2D eigenvalue weighted by molar-refractivity contribution is -0.384. The number of nitrogens with one attached hydrogen (secondary N) is 1. The minimum atomic E-state index is -0.474. The highest BCUT2D eigenvalue weighted by atomic mass is 16.6. The van der Waals surface area contributed by atoms with Gasteiger partial charge in [-0.3, -0.25) is 19.8 Å². The number of hydrogen-bond acceptors (Lipinski definition) is 5. The molecule has 1 fully saturated rings. The van der Waals surface area contributed by atoms with Crippen LogP contribution in [0.3, 0.4) is 0 Å². The summed E-state index contributed by atoms with van der Waals surface area (Å²) in [4.78, 5) is 29.5. The van der Waals surface area contributed by atoms with E-state index in [0.717, 1.165) is 18.9 Å². The third-order valence-corrected chi connectivity index (χ3v) is 4.08. The van der Waals surface area contributed by atoms with E-state index in [-0.39, 0.29) is 18.2 Å². The second-order valence-corrected chi connectivity index (χ2v) is 5.66. The van der Waals surface area contributed by atoms with Gasteiger partial charge in [0, 0.05) is 18.2 Å². The number of pyridine rings is 1. The van der Waals surface area contributed by atoms with Crippen molar-refractivity contribution in [2.24, 2.45) is 0 Å². The number of non-ortho nitro benzene ring substituents is 1. The molecule has 1 aliphatic rings. The molecule has 1 aliphatic heterocycles. The molecule has 130 valence electrons. The van der Waals surface area contributed by atoms with Gasteiger partial charge in [-0.05, 0) is 18.2 Å². The van der Waals surface area contributed by atoms with E-state index in [0.29, 0.717) is 18.8 Å². The summed E-state index contributed by atoms with van der Waals surface area (Å²) >= 11 is 0. The van der Waals surface area contributed by atoms with Gasteiger partial charge in [0.15, 0.2) is 6.61 Å². The number of nitro benzene ring substituents is 1. The van der Waals surface area contributed by atoms with E-state index in [2.05, 4.69) is 9.88 Å². The van der Waals surface area contributed by atoms with Gasteiger partial charge in [0.1, 0.15) is 18.8 Å². The van der Waals surface area contributed by atoms with Crippen molar-refractivity contribution in [3.8, 4) is 5.75 Å². The zero-order valence-corrected chi connectivity index (χ0v) is 13.6. The summed E-state index contributed by atoms with van der Waals surface area (Å²) in [6.45, 7) is 2.69. The fourth-order valence-electron chi connectivity index (χ4n) is 2.68. The summed E-state index contributed by atoms with van der Waals surface area (Å²) in [7, 11) is 0. The molecule has 0 bridgehead atoms. The molecule has 1 saturated heterocycles. The van der Waals surface area contributed by atoms with Crippen molar-refractivity contribution >= 4 is 17.4 Å². The number of carbonyl (C=O) groups excluding carboxylic acids is 1. The largest absolute Gasteiger partial charge is 0.484 e. The Balaban J connectivity index is 1.47. The van der Waals surface area contributed by atoms with Crippen LogP contribution in [0.25, 0.3) is 0 Å². The number of H-pyrrole nitrogens is 1. The topological polar surface area (TPSA) is 90.1 Å². The standard InChI is InChI=1S/C17H18N4O4/c22-17(13-25-15-6-4-14(5-7-15)21(23)24)20-11-9-19(10-12-20)16-3-1-2-8-18-16/h1-8H,9-13H2/p+1. The van der Waals surface area contributed by atoms with E-state index in [9.17, 15) is 14.9 Å². The van der Waals surface area contributed by atoms with Crippen LogP contribution in [0.4, 0.5) is 11.5 Å². The van der Waals surface area contributed by atoms with Crippen molar-refractivity contribution in [2.45, 2.75) is 0 Å². The number of piperazine rings is 1. The van der Waals surface area contributed by atoms with Crippen molar-refractivity contribution in [3.05, 3.63) is 58.8 Å². The molecule has 2 heterocycles. The normalized spacial score (nSPS) is 14.2. The molecule has 0 unspecified atom stereocenters. The van der Waals surface area contributed by atoms with E-state index < -0.39 is 4.92 Å². The average Bonchev–Trinajstić information content (AvgIpc) is 2.67. The quantitative estimate of drug-likeness (QED) is 0.600. The first-order valence-corrected chi connectivity index (χ1v) is 8.00. The van der Waals surface area contributed by atoms with Crippen molar-refractivity contribution in [1.29, 1.82) is 0 Å². The van der Waals surface area contributed by atoms with Gasteiger partial charge in [-0.15, -0.1) is 0 Å². The molecule has 0 aliphatic carbocycles. The molecular formula is C17H19N4O4+. The van der Waals surface area contributed by atoms with E-state index in [1.165, 1.54) is 24.3 Å². The smallest absolute Gasteiger partial charge is 0.274 e. The summed E-state index contributed by atoms with van der Waals surface area (Å²) in [5.74, 6) is 1.39. The van der Waals surface area contributed by atoms with Crippen molar-refractivity contribution < 1.29 is 19.4 Å². The molecule has 8 heteroatoms. The van der Waals surface area contributed by atoms with Crippen LogP contribution in [0.15, 0.2) is 48.7 Å². The summed E-state index contributed by atoms with van der Waals surface area (Å²) in [6, 6.07) is 11.6. The molecule has 0 atom stereocenters. The Labute approximate surface area is 144 Å². The molecule has 1 aromatic heterocycles. The van der Waals surface area contributed by atoms with Crippen molar-refractivity contribution in [2.75, 3.05) is 37.7 Å². The first-order valence-electron chi connectivity index (χ1n) is 8.00. The number of ether oxygens (including phenoxy) is 1. The Bertz CT molecular complexity index is 728. The van der Waals surface area contributed by atoms with Crippen LogP contribution in [0.5, 0.6) is 5.75 Å². The van der Waals surface area contributed by atoms with Crippen LogP contribution >= 0.6 is 0 Å². The van der Waals surface area contributed by atoms with Gasteiger partial charge in [-0.25, -0.2) is 4.98 Å². The Hall–Kier alpha value is -3.16. The molecule has 2 aromatic rings.